The van der Waals surface area contributed by atoms with Crippen molar-refractivity contribution in [3.8, 4) is 0 Å². The van der Waals surface area contributed by atoms with Crippen molar-refractivity contribution < 1.29 is 19.4 Å². The van der Waals surface area contributed by atoms with Crippen molar-refractivity contribution in [2.24, 2.45) is 17.8 Å². The average Bonchev–Trinajstić information content (AvgIpc) is 2.65. The number of aliphatic carboxylic acids is 1. The lowest BCUT2D eigenvalue weighted by molar-refractivity contribution is -0.161. The molecule has 0 heterocycles. The van der Waals surface area contributed by atoms with Crippen molar-refractivity contribution in [3.05, 3.63) is 70.8 Å². The summed E-state index contributed by atoms with van der Waals surface area (Å²) < 4.78 is 5.50. The third-order valence-electron chi connectivity index (χ3n) is 5.55. The van der Waals surface area contributed by atoms with Crippen molar-refractivity contribution in [2.75, 3.05) is 6.61 Å². The Bertz CT molecular complexity index is 822. The number of esters is 1. The lowest BCUT2D eigenvalue weighted by Crippen LogP contribution is -2.47. The van der Waals surface area contributed by atoms with E-state index in [0.717, 1.165) is 22.3 Å². The third-order valence-corrected chi connectivity index (χ3v) is 5.55. The molecule has 2 unspecified atom stereocenters. The normalized spacial score (nSPS) is 25.5. The predicted molar refractivity (Wildman–Crippen MR) is 97.0 cm³/mol. The van der Waals surface area contributed by atoms with Crippen molar-refractivity contribution in [1.82, 2.24) is 0 Å². The van der Waals surface area contributed by atoms with Crippen LogP contribution in [0.15, 0.2) is 48.5 Å². The van der Waals surface area contributed by atoms with Crippen LogP contribution in [0.2, 0.25) is 0 Å². The number of rotatable bonds is 4. The molecule has 1 N–H and O–H groups in total. The van der Waals surface area contributed by atoms with E-state index in [1.54, 1.807) is 0 Å². The van der Waals surface area contributed by atoms with Crippen LogP contribution in [0.5, 0.6) is 0 Å². The Morgan fingerprint density at radius 1 is 0.885 bits per heavy atom. The number of hydrogen-bond acceptors (Lipinski definition) is 3. The summed E-state index contributed by atoms with van der Waals surface area (Å²) in [5.74, 6) is -3.21. The van der Waals surface area contributed by atoms with E-state index in [2.05, 4.69) is 0 Å². The molecule has 0 fully saturated rings. The van der Waals surface area contributed by atoms with Gasteiger partial charge in [-0.2, -0.15) is 0 Å². The van der Waals surface area contributed by atoms with Crippen LogP contribution in [-0.2, 0) is 14.3 Å². The van der Waals surface area contributed by atoms with Gasteiger partial charge in [0.05, 0.1) is 18.4 Å². The molecule has 4 heteroatoms. The quantitative estimate of drug-likeness (QED) is 0.852. The van der Waals surface area contributed by atoms with Crippen LogP contribution < -0.4 is 0 Å². The number of ether oxygens (including phenoxy) is 1. The van der Waals surface area contributed by atoms with Gasteiger partial charge in [-0.15, -0.1) is 0 Å². The Hall–Kier alpha value is -2.62. The highest BCUT2D eigenvalue weighted by Crippen LogP contribution is 2.58. The molecule has 26 heavy (non-hydrogen) atoms. The molecule has 0 radical (unpaired) electrons. The van der Waals surface area contributed by atoms with Gasteiger partial charge in [0.2, 0.25) is 0 Å². The molecule has 0 amide bonds. The van der Waals surface area contributed by atoms with Crippen molar-refractivity contribution in [2.45, 2.75) is 25.7 Å². The van der Waals surface area contributed by atoms with Gasteiger partial charge in [-0.05, 0) is 28.2 Å². The van der Waals surface area contributed by atoms with Crippen LogP contribution in [0.25, 0.3) is 0 Å². The van der Waals surface area contributed by atoms with Crippen LogP contribution in [0.1, 0.15) is 47.9 Å². The fraction of sp³-hybridized carbons (Fsp3) is 0.364. The van der Waals surface area contributed by atoms with Crippen LogP contribution >= 0.6 is 0 Å². The monoisotopic (exact) mass is 350 g/mol. The predicted octanol–water partition coefficient (Wildman–Crippen LogP) is 3.79. The summed E-state index contributed by atoms with van der Waals surface area (Å²) in [4.78, 5) is 25.2. The van der Waals surface area contributed by atoms with Gasteiger partial charge in [0.1, 0.15) is 0 Å². The van der Waals surface area contributed by atoms with E-state index in [-0.39, 0.29) is 17.8 Å². The molecule has 0 spiro atoms. The van der Waals surface area contributed by atoms with E-state index >= 15 is 0 Å². The minimum atomic E-state index is -0.935. The maximum Gasteiger partial charge on any atom is 0.310 e. The summed E-state index contributed by atoms with van der Waals surface area (Å²) in [6.07, 6.45) is 0. The number of fused-ring (bicyclic) bond motifs is 1. The Morgan fingerprint density at radius 2 is 1.31 bits per heavy atom. The number of hydrogen-bond donors (Lipinski definition) is 1. The molecule has 3 aliphatic rings. The van der Waals surface area contributed by atoms with Crippen molar-refractivity contribution in [1.29, 1.82) is 0 Å². The van der Waals surface area contributed by atoms with Crippen LogP contribution in [-0.4, -0.2) is 23.7 Å². The maximum absolute atomic E-state index is 12.9. The molecule has 134 valence electrons. The van der Waals surface area contributed by atoms with Gasteiger partial charge >= 0.3 is 11.9 Å². The topological polar surface area (TPSA) is 63.6 Å². The summed E-state index contributed by atoms with van der Waals surface area (Å²) >= 11 is 0. The summed E-state index contributed by atoms with van der Waals surface area (Å²) in [7, 11) is 0. The Morgan fingerprint density at radius 3 is 1.69 bits per heavy atom. The smallest absolute Gasteiger partial charge is 0.310 e. The van der Waals surface area contributed by atoms with E-state index < -0.39 is 23.8 Å². The molecule has 4 nitrogen and oxygen atoms in total. The van der Waals surface area contributed by atoms with Crippen LogP contribution in [0.3, 0.4) is 0 Å². The highest BCUT2D eigenvalue weighted by molar-refractivity contribution is 5.87. The van der Waals surface area contributed by atoms with E-state index in [1.165, 1.54) is 0 Å². The first-order valence-electron chi connectivity index (χ1n) is 9.07. The Kier molecular flexibility index (Phi) is 4.06. The van der Waals surface area contributed by atoms with Gasteiger partial charge in [-0.3, -0.25) is 9.59 Å². The third kappa shape index (κ3) is 2.44. The molecule has 0 aliphatic heterocycles. The summed E-state index contributed by atoms with van der Waals surface area (Å²) in [6.45, 7) is 4.25. The Balaban J connectivity index is 1.88. The number of benzene rings is 2. The molecule has 0 saturated carbocycles. The number of carboxylic acids is 1. The first-order chi connectivity index (χ1) is 12.5. The average molecular weight is 350 g/mol. The largest absolute Gasteiger partial charge is 0.481 e. The zero-order chi connectivity index (χ0) is 18.4. The lowest BCUT2D eigenvalue weighted by Gasteiger charge is -2.47. The highest BCUT2D eigenvalue weighted by Gasteiger charge is 2.55. The number of carbonyl (C=O) groups excluding carboxylic acids is 1. The summed E-state index contributed by atoms with van der Waals surface area (Å²) in [6, 6.07) is 15.8. The first kappa shape index (κ1) is 16.8. The maximum atomic E-state index is 12.9. The second kappa shape index (κ2) is 6.27. The molecule has 2 atom stereocenters. The van der Waals surface area contributed by atoms with Gasteiger partial charge in [0.15, 0.2) is 0 Å². The van der Waals surface area contributed by atoms with Crippen LogP contribution in [0.4, 0.5) is 0 Å². The van der Waals surface area contributed by atoms with Gasteiger partial charge in [0.25, 0.3) is 0 Å². The number of carbonyl (C=O) groups is 2. The highest BCUT2D eigenvalue weighted by atomic mass is 16.5. The molecule has 3 aliphatic carbocycles. The zero-order valence-corrected chi connectivity index (χ0v) is 14.9. The lowest BCUT2D eigenvalue weighted by atomic mass is 9.54. The van der Waals surface area contributed by atoms with Gasteiger partial charge in [-0.25, -0.2) is 0 Å². The first-order valence-corrected chi connectivity index (χ1v) is 9.07. The molecule has 2 aromatic carbocycles. The fourth-order valence-electron chi connectivity index (χ4n) is 4.60. The molecule has 2 aromatic rings. The molecule has 0 saturated heterocycles. The Labute approximate surface area is 152 Å². The fourth-order valence-corrected chi connectivity index (χ4v) is 4.60. The SMILES string of the molecule is CC(C)COC(=O)C1C2c3ccccc3C(c3ccccc32)C1C(=O)O. The van der Waals surface area contributed by atoms with E-state index in [4.69, 9.17) is 4.74 Å². The molecule has 0 aromatic heterocycles. The van der Waals surface area contributed by atoms with Crippen LogP contribution in [0, 0.1) is 17.8 Å². The van der Waals surface area contributed by atoms with Gasteiger partial charge in [0, 0.05) is 11.8 Å². The van der Waals surface area contributed by atoms with E-state index in [9.17, 15) is 14.7 Å². The zero-order valence-electron chi connectivity index (χ0n) is 14.9. The van der Waals surface area contributed by atoms with Crippen molar-refractivity contribution in [3.63, 3.8) is 0 Å². The second-order valence-corrected chi connectivity index (χ2v) is 7.63. The molecule has 5 rings (SSSR count). The minimum Gasteiger partial charge on any atom is -0.481 e. The summed E-state index contributed by atoms with van der Waals surface area (Å²) in [5.41, 5.74) is 4.16. The molecular formula is C22H22O4. The molecule has 2 bridgehead atoms. The minimum absolute atomic E-state index is 0.211. The molecular weight excluding hydrogens is 328 g/mol. The second-order valence-electron chi connectivity index (χ2n) is 7.63. The van der Waals surface area contributed by atoms with Gasteiger partial charge in [-0.1, -0.05) is 62.4 Å². The number of carboxylic acid groups (broad SMARTS) is 1. The van der Waals surface area contributed by atoms with Gasteiger partial charge < -0.3 is 9.84 Å². The summed E-state index contributed by atoms with van der Waals surface area (Å²) in [5, 5.41) is 10.0. The standard InChI is InChI=1S/C22H22O4/c1-12(2)11-26-22(25)20-18-15-9-5-3-7-13(15)17(19(20)21(23)24)14-8-4-6-10-16(14)18/h3-10,12,17-20H,11H2,1-2H3,(H,23,24). The van der Waals surface area contributed by atoms with E-state index in [1.807, 2.05) is 62.4 Å². The van der Waals surface area contributed by atoms with Crippen molar-refractivity contribution >= 4 is 11.9 Å². The van der Waals surface area contributed by atoms with E-state index in [0.29, 0.717) is 6.61 Å².